The number of benzene rings is 1. The molecule has 0 spiro atoms. The molecule has 0 unspecified atom stereocenters. The van der Waals surface area contributed by atoms with Gasteiger partial charge < -0.3 is 5.73 Å². The molecule has 4 heteroatoms. The maximum absolute atomic E-state index is 11.1. The number of carbonyl (C=O) groups is 1. The number of nitrogens with two attached hydrogens (primary N) is 1. The first kappa shape index (κ1) is 9.76. The van der Waals surface area contributed by atoms with E-state index in [0.717, 1.165) is 0 Å². The van der Waals surface area contributed by atoms with Crippen molar-refractivity contribution in [2.24, 2.45) is 5.73 Å². The fraction of sp³-hybridized carbons (Fsp3) is 0.100. The Kier molecular flexibility index (Phi) is 2.50. The van der Waals surface area contributed by atoms with Crippen LogP contribution < -0.4 is 5.73 Å². The molecule has 1 amide bonds. The molecule has 0 saturated heterocycles. The zero-order valence-electron chi connectivity index (χ0n) is 7.27. The number of nitrogens with zero attached hydrogens (tertiary/aromatic N) is 2. The average Bonchev–Trinajstić information content (AvgIpc) is 2.22. The molecule has 0 aromatic heterocycles. The van der Waals surface area contributed by atoms with E-state index < -0.39 is 11.3 Å². The third-order valence-corrected chi connectivity index (χ3v) is 1.91. The van der Waals surface area contributed by atoms with Crippen LogP contribution in [0.2, 0.25) is 0 Å². The molecular formula is C10H7N3O. The third-order valence-electron chi connectivity index (χ3n) is 1.91. The Morgan fingerprint density at radius 3 is 2.07 bits per heavy atom. The summed E-state index contributed by atoms with van der Waals surface area (Å²) in [6.45, 7) is 0. The van der Waals surface area contributed by atoms with E-state index in [0.29, 0.717) is 5.56 Å². The van der Waals surface area contributed by atoms with E-state index in [9.17, 15) is 4.79 Å². The lowest BCUT2D eigenvalue weighted by molar-refractivity contribution is -0.120. The highest BCUT2D eigenvalue weighted by atomic mass is 16.1. The summed E-state index contributed by atoms with van der Waals surface area (Å²) >= 11 is 0. The summed E-state index contributed by atoms with van der Waals surface area (Å²) in [5.74, 6) is -0.950. The molecular weight excluding hydrogens is 178 g/mol. The Balaban J connectivity index is 3.37. The maximum atomic E-state index is 11.1. The van der Waals surface area contributed by atoms with Crippen molar-refractivity contribution in [2.75, 3.05) is 0 Å². The van der Waals surface area contributed by atoms with E-state index in [1.165, 1.54) is 12.1 Å². The van der Waals surface area contributed by atoms with E-state index in [1.54, 1.807) is 30.3 Å². The lowest BCUT2D eigenvalue weighted by atomic mass is 9.83. The Morgan fingerprint density at radius 2 is 1.71 bits per heavy atom. The van der Waals surface area contributed by atoms with Gasteiger partial charge in [-0.3, -0.25) is 4.79 Å². The first-order valence-corrected chi connectivity index (χ1v) is 3.85. The summed E-state index contributed by atoms with van der Waals surface area (Å²) in [7, 11) is 0. The molecule has 0 saturated carbocycles. The van der Waals surface area contributed by atoms with Gasteiger partial charge in [-0.2, -0.15) is 10.5 Å². The largest absolute Gasteiger partial charge is 0.367 e. The lowest BCUT2D eigenvalue weighted by Gasteiger charge is -2.13. The Hall–Kier alpha value is -2.33. The molecule has 1 aromatic rings. The minimum absolute atomic E-state index is 0.303. The van der Waals surface area contributed by atoms with Crippen LogP contribution in [0.1, 0.15) is 5.56 Å². The third kappa shape index (κ3) is 1.30. The monoisotopic (exact) mass is 185 g/mol. The predicted octanol–water partition coefficient (Wildman–Crippen LogP) is 0.457. The molecule has 1 aromatic carbocycles. The minimum atomic E-state index is -1.87. The second-order valence-electron chi connectivity index (χ2n) is 2.70. The fourth-order valence-electron chi connectivity index (χ4n) is 1.09. The van der Waals surface area contributed by atoms with E-state index in [2.05, 4.69) is 0 Å². The smallest absolute Gasteiger partial charge is 0.257 e. The number of carbonyl (C=O) groups excluding carboxylic acids is 1. The first-order chi connectivity index (χ1) is 6.67. The van der Waals surface area contributed by atoms with Crippen LogP contribution in [0.3, 0.4) is 0 Å². The van der Waals surface area contributed by atoms with Crippen molar-refractivity contribution in [1.82, 2.24) is 0 Å². The van der Waals surface area contributed by atoms with Crippen molar-refractivity contribution in [3.63, 3.8) is 0 Å². The van der Waals surface area contributed by atoms with Gasteiger partial charge in [-0.25, -0.2) is 0 Å². The van der Waals surface area contributed by atoms with Gasteiger partial charge in [0.15, 0.2) is 0 Å². The molecule has 1 rings (SSSR count). The second-order valence-corrected chi connectivity index (χ2v) is 2.70. The van der Waals surface area contributed by atoms with Gasteiger partial charge in [0.2, 0.25) is 5.41 Å². The highest BCUT2D eigenvalue weighted by molar-refractivity contribution is 5.93. The van der Waals surface area contributed by atoms with E-state index >= 15 is 0 Å². The van der Waals surface area contributed by atoms with Crippen molar-refractivity contribution in [3.05, 3.63) is 35.9 Å². The molecule has 0 fully saturated rings. The van der Waals surface area contributed by atoms with Gasteiger partial charge in [-0.1, -0.05) is 30.3 Å². The predicted molar refractivity (Wildman–Crippen MR) is 48.5 cm³/mol. The van der Waals surface area contributed by atoms with E-state index in [4.69, 9.17) is 16.3 Å². The molecule has 0 radical (unpaired) electrons. The highest BCUT2D eigenvalue weighted by Gasteiger charge is 2.39. The summed E-state index contributed by atoms with van der Waals surface area (Å²) in [6, 6.07) is 11.3. The summed E-state index contributed by atoms with van der Waals surface area (Å²) in [6.07, 6.45) is 0. The summed E-state index contributed by atoms with van der Waals surface area (Å²) < 4.78 is 0. The van der Waals surface area contributed by atoms with Gasteiger partial charge in [0, 0.05) is 0 Å². The topological polar surface area (TPSA) is 90.7 Å². The SMILES string of the molecule is N#CC(C#N)(C(N)=O)c1ccccc1. The normalized spacial score (nSPS) is 9.86. The average molecular weight is 185 g/mol. The maximum Gasteiger partial charge on any atom is 0.257 e. The van der Waals surface area contributed by atoms with Crippen LogP contribution in [0.4, 0.5) is 0 Å². The van der Waals surface area contributed by atoms with Gasteiger partial charge in [0.1, 0.15) is 0 Å². The minimum Gasteiger partial charge on any atom is -0.367 e. The molecule has 0 aliphatic rings. The standard InChI is InChI=1S/C10H7N3O/c11-6-10(7-12,9(13)14)8-4-2-1-3-5-8/h1-5H,(H2,13,14). The molecule has 68 valence electrons. The first-order valence-electron chi connectivity index (χ1n) is 3.85. The Bertz CT molecular complexity index is 411. The zero-order chi connectivity index (χ0) is 10.6. The molecule has 4 nitrogen and oxygen atoms in total. The molecule has 0 bridgehead atoms. The van der Waals surface area contributed by atoms with Crippen molar-refractivity contribution in [3.8, 4) is 12.1 Å². The van der Waals surface area contributed by atoms with Crippen LogP contribution in [0, 0.1) is 22.7 Å². The quantitative estimate of drug-likeness (QED) is 0.725. The molecule has 2 N–H and O–H groups in total. The number of nitriles is 2. The van der Waals surface area contributed by atoms with Gasteiger partial charge in [-0.15, -0.1) is 0 Å². The number of amides is 1. The molecule has 0 atom stereocenters. The number of rotatable bonds is 2. The van der Waals surface area contributed by atoms with Crippen LogP contribution in [0.25, 0.3) is 0 Å². The number of primary amides is 1. The number of hydrogen-bond acceptors (Lipinski definition) is 3. The fourth-order valence-corrected chi connectivity index (χ4v) is 1.09. The summed E-state index contributed by atoms with van der Waals surface area (Å²) in [5, 5.41) is 17.7. The Labute approximate surface area is 81.2 Å². The molecule has 0 aliphatic carbocycles. The summed E-state index contributed by atoms with van der Waals surface area (Å²) in [5.41, 5.74) is 3.47. The number of hydrogen-bond donors (Lipinski definition) is 1. The van der Waals surface area contributed by atoms with E-state index in [1.807, 2.05) is 0 Å². The van der Waals surface area contributed by atoms with Crippen LogP contribution in [0.5, 0.6) is 0 Å². The van der Waals surface area contributed by atoms with Crippen LogP contribution >= 0.6 is 0 Å². The van der Waals surface area contributed by atoms with Gasteiger partial charge in [0.25, 0.3) is 5.91 Å². The van der Waals surface area contributed by atoms with Gasteiger partial charge in [0.05, 0.1) is 12.1 Å². The second kappa shape index (κ2) is 3.59. The van der Waals surface area contributed by atoms with Crippen molar-refractivity contribution in [1.29, 1.82) is 10.5 Å². The van der Waals surface area contributed by atoms with Crippen molar-refractivity contribution >= 4 is 5.91 Å². The highest BCUT2D eigenvalue weighted by Crippen LogP contribution is 2.21. The Morgan fingerprint density at radius 1 is 1.21 bits per heavy atom. The molecule has 14 heavy (non-hydrogen) atoms. The van der Waals surface area contributed by atoms with Crippen LogP contribution in [-0.2, 0) is 10.2 Å². The molecule has 0 aliphatic heterocycles. The van der Waals surface area contributed by atoms with Crippen LogP contribution in [0.15, 0.2) is 30.3 Å². The van der Waals surface area contributed by atoms with Gasteiger partial charge in [-0.05, 0) is 5.56 Å². The van der Waals surface area contributed by atoms with Crippen molar-refractivity contribution < 1.29 is 4.79 Å². The van der Waals surface area contributed by atoms with E-state index in [-0.39, 0.29) is 0 Å². The zero-order valence-corrected chi connectivity index (χ0v) is 7.27. The summed E-state index contributed by atoms with van der Waals surface area (Å²) in [4.78, 5) is 11.1. The lowest BCUT2D eigenvalue weighted by Crippen LogP contribution is -2.38. The van der Waals surface area contributed by atoms with Crippen LogP contribution in [-0.4, -0.2) is 5.91 Å². The van der Waals surface area contributed by atoms with Gasteiger partial charge >= 0.3 is 0 Å². The molecule has 0 heterocycles. The van der Waals surface area contributed by atoms with Crippen molar-refractivity contribution in [2.45, 2.75) is 5.41 Å².